The standard InChI is InChI=1S/C20H33F2N5O.HI/c1-5-26-10-12-27(13-11-26)16(2)14-24-20(23-3)25(4)15-17-6-8-18(9-7-17)28-19(21)22;/h6-9,16,19H,5,10-15H2,1-4H3,(H,23,24);1H. The van der Waals surface area contributed by atoms with E-state index in [1.807, 2.05) is 11.9 Å². The van der Waals surface area contributed by atoms with Crippen LogP contribution in [0.4, 0.5) is 8.78 Å². The first-order chi connectivity index (χ1) is 13.4. The lowest BCUT2D eigenvalue weighted by molar-refractivity contribution is -0.0498. The fraction of sp³-hybridized carbons (Fsp3) is 0.650. The molecule has 0 radical (unpaired) electrons. The van der Waals surface area contributed by atoms with Crippen LogP contribution < -0.4 is 10.1 Å². The minimum absolute atomic E-state index is 0. The molecule has 1 unspecified atom stereocenters. The van der Waals surface area contributed by atoms with Gasteiger partial charge < -0.3 is 19.9 Å². The van der Waals surface area contributed by atoms with Crippen LogP contribution in [-0.4, -0.2) is 86.7 Å². The number of alkyl halides is 2. The summed E-state index contributed by atoms with van der Waals surface area (Å²) in [5.41, 5.74) is 0.996. The summed E-state index contributed by atoms with van der Waals surface area (Å²) in [6.45, 7) is 8.65. The van der Waals surface area contributed by atoms with Gasteiger partial charge in [-0.15, -0.1) is 24.0 Å². The zero-order chi connectivity index (χ0) is 20.5. The van der Waals surface area contributed by atoms with Crippen LogP contribution >= 0.6 is 24.0 Å². The first-order valence-corrected chi connectivity index (χ1v) is 9.84. The van der Waals surface area contributed by atoms with Crippen molar-refractivity contribution < 1.29 is 13.5 Å². The lowest BCUT2D eigenvalue weighted by atomic mass is 10.2. The second-order valence-electron chi connectivity index (χ2n) is 7.13. The highest BCUT2D eigenvalue weighted by atomic mass is 127. The number of hydrogen-bond donors (Lipinski definition) is 1. The fourth-order valence-electron chi connectivity index (χ4n) is 3.40. The Bertz CT molecular complexity index is 609. The molecule has 1 atom stereocenters. The number of piperazine rings is 1. The minimum Gasteiger partial charge on any atom is -0.435 e. The Kier molecular flexibility index (Phi) is 11.7. The van der Waals surface area contributed by atoms with Crippen molar-refractivity contribution >= 4 is 29.9 Å². The average Bonchev–Trinajstić information content (AvgIpc) is 2.69. The van der Waals surface area contributed by atoms with E-state index in [1.54, 1.807) is 31.3 Å². The zero-order valence-corrected chi connectivity index (χ0v) is 20.1. The number of ether oxygens (including phenoxy) is 1. The van der Waals surface area contributed by atoms with E-state index in [9.17, 15) is 8.78 Å². The molecule has 1 aliphatic heterocycles. The maximum absolute atomic E-state index is 12.2. The molecule has 1 saturated heterocycles. The lowest BCUT2D eigenvalue weighted by Gasteiger charge is -2.38. The molecule has 0 amide bonds. The van der Waals surface area contributed by atoms with E-state index >= 15 is 0 Å². The van der Waals surface area contributed by atoms with Crippen LogP contribution in [0.3, 0.4) is 0 Å². The quantitative estimate of drug-likeness (QED) is 0.322. The van der Waals surface area contributed by atoms with E-state index in [-0.39, 0.29) is 29.7 Å². The van der Waals surface area contributed by atoms with E-state index in [1.165, 1.54) is 0 Å². The van der Waals surface area contributed by atoms with Gasteiger partial charge in [-0.2, -0.15) is 8.78 Å². The van der Waals surface area contributed by atoms with Gasteiger partial charge in [0.15, 0.2) is 5.96 Å². The topological polar surface area (TPSA) is 43.3 Å². The van der Waals surface area contributed by atoms with Crippen LogP contribution in [-0.2, 0) is 6.54 Å². The van der Waals surface area contributed by atoms with Crippen molar-refractivity contribution in [3.8, 4) is 5.75 Å². The van der Waals surface area contributed by atoms with E-state index < -0.39 is 6.61 Å². The van der Waals surface area contributed by atoms with Crippen molar-refractivity contribution in [1.29, 1.82) is 0 Å². The van der Waals surface area contributed by atoms with Crippen molar-refractivity contribution in [3.63, 3.8) is 0 Å². The summed E-state index contributed by atoms with van der Waals surface area (Å²) in [6.07, 6.45) is 0. The first kappa shape index (κ1) is 25.8. The molecule has 6 nitrogen and oxygen atoms in total. The smallest absolute Gasteiger partial charge is 0.387 e. The fourth-order valence-corrected chi connectivity index (χ4v) is 3.40. The van der Waals surface area contributed by atoms with Crippen LogP contribution in [0.25, 0.3) is 0 Å². The monoisotopic (exact) mass is 525 g/mol. The predicted molar refractivity (Wildman–Crippen MR) is 124 cm³/mol. The highest BCUT2D eigenvalue weighted by Crippen LogP contribution is 2.15. The number of hydrogen-bond acceptors (Lipinski definition) is 4. The highest BCUT2D eigenvalue weighted by molar-refractivity contribution is 14.0. The summed E-state index contributed by atoms with van der Waals surface area (Å²) in [4.78, 5) is 11.4. The Morgan fingerprint density at radius 3 is 2.34 bits per heavy atom. The third-order valence-electron chi connectivity index (χ3n) is 5.17. The second-order valence-corrected chi connectivity index (χ2v) is 7.13. The lowest BCUT2D eigenvalue weighted by Crippen LogP contribution is -2.53. The van der Waals surface area contributed by atoms with E-state index in [4.69, 9.17) is 0 Å². The molecular weight excluding hydrogens is 491 g/mol. The summed E-state index contributed by atoms with van der Waals surface area (Å²) >= 11 is 0. The maximum atomic E-state index is 12.2. The molecule has 0 aromatic heterocycles. The summed E-state index contributed by atoms with van der Waals surface area (Å²) in [5, 5.41) is 3.45. The number of likely N-dealkylation sites (N-methyl/N-ethyl adjacent to an activating group) is 1. The number of nitrogens with one attached hydrogen (secondary N) is 1. The Balaban J connectivity index is 0.00000420. The largest absolute Gasteiger partial charge is 0.435 e. The van der Waals surface area contributed by atoms with E-state index in [0.717, 1.165) is 50.8 Å². The van der Waals surface area contributed by atoms with Gasteiger partial charge in [-0.25, -0.2) is 0 Å². The van der Waals surface area contributed by atoms with Crippen molar-refractivity contribution in [2.45, 2.75) is 33.0 Å². The van der Waals surface area contributed by atoms with Crippen molar-refractivity contribution in [2.75, 3.05) is 53.4 Å². The minimum atomic E-state index is -2.80. The molecule has 1 N–H and O–H groups in total. The van der Waals surface area contributed by atoms with Gasteiger partial charge in [0.25, 0.3) is 0 Å². The van der Waals surface area contributed by atoms with E-state index in [0.29, 0.717) is 12.6 Å². The molecule has 166 valence electrons. The van der Waals surface area contributed by atoms with Crippen LogP contribution in [0, 0.1) is 0 Å². The molecule has 0 spiro atoms. The van der Waals surface area contributed by atoms with Gasteiger partial charge in [0.05, 0.1) is 0 Å². The van der Waals surface area contributed by atoms with Gasteiger partial charge in [-0.05, 0) is 31.2 Å². The zero-order valence-electron chi connectivity index (χ0n) is 17.8. The molecule has 1 heterocycles. The van der Waals surface area contributed by atoms with Crippen LogP contribution in [0.5, 0.6) is 5.75 Å². The molecule has 1 aromatic rings. The van der Waals surface area contributed by atoms with Gasteiger partial charge in [0.1, 0.15) is 5.75 Å². The Morgan fingerprint density at radius 1 is 1.21 bits per heavy atom. The normalized spacial score (nSPS) is 17.0. The molecule has 1 fully saturated rings. The average molecular weight is 525 g/mol. The highest BCUT2D eigenvalue weighted by Gasteiger charge is 2.20. The molecule has 0 aliphatic carbocycles. The number of rotatable bonds is 8. The maximum Gasteiger partial charge on any atom is 0.387 e. The molecule has 2 rings (SSSR count). The molecule has 9 heteroatoms. The number of nitrogens with zero attached hydrogens (tertiary/aromatic N) is 4. The summed E-state index contributed by atoms with van der Waals surface area (Å²) < 4.78 is 28.9. The molecule has 1 aromatic carbocycles. The second kappa shape index (κ2) is 13.2. The van der Waals surface area contributed by atoms with Gasteiger partial charge in [-0.3, -0.25) is 9.89 Å². The Labute approximate surface area is 190 Å². The van der Waals surface area contributed by atoms with Crippen molar-refractivity contribution in [3.05, 3.63) is 29.8 Å². The third-order valence-corrected chi connectivity index (χ3v) is 5.17. The number of guanidine groups is 1. The summed E-state index contributed by atoms with van der Waals surface area (Å²) in [7, 11) is 3.73. The van der Waals surface area contributed by atoms with Crippen LogP contribution in [0.2, 0.25) is 0 Å². The SMILES string of the molecule is CCN1CCN(C(C)CNC(=NC)N(C)Cc2ccc(OC(F)F)cc2)CC1.I. The molecular formula is C20H34F2IN5O. The van der Waals surface area contributed by atoms with Gasteiger partial charge in [-0.1, -0.05) is 19.1 Å². The summed E-state index contributed by atoms with van der Waals surface area (Å²) in [6, 6.07) is 7.12. The Morgan fingerprint density at radius 2 is 1.83 bits per heavy atom. The van der Waals surface area contributed by atoms with E-state index in [2.05, 4.69) is 38.7 Å². The molecule has 29 heavy (non-hydrogen) atoms. The molecule has 0 bridgehead atoms. The van der Waals surface area contributed by atoms with Gasteiger partial charge in [0, 0.05) is 59.4 Å². The van der Waals surface area contributed by atoms with Crippen LogP contribution in [0.1, 0.15) is 19.4 Å². The molecule has 1 aliphatic rings. The number of halogens is 3. The summed E-state index contributed by atoms with van der Waals surface area (Å²) in [5.74, 6) is 0.979. The Hall–Kier alpha value is -1.20. The predicted octanol–water partition coefficient (Wildman–Crippen LogP) is 2.94. The van der Waals surface area contributed by atoms with Gasteiger partial charge >= 0.3 is 6.61 Å². The van der Waals surface area contributed by atoms with Gasteiger partial charge in [0.2, 0.25) is 0 Å². The van der Waals surface area contributed by atoms with Crippen molar-refractivity contribution in [1.82, 2.24) is 20.0 Å². The number of benzene rings is 1. The van der Waals surface area contributed by atoms with Crippen LogP contribution in [0.15, 0.2) is 29.3 Å². The molecule has 0 saturated carbocycles. The third kappa shape index (κ3) is 8.59. The van der Waals surface area contributed by atoms with Crippen molar-refractivity contribution in [2.24, 2.45) is 4.99 Å². The number of aliphatic imine (C=N–C) groups is 1. The first-order valence-electron chi connectivity index (χ1n) is 9.84.